The van der Waals surface area contributed by atoms with E-state index < -0.39 is 23.4 Å². The summed E-state index contributed by atoms with van der Waals surface area (Å²) in [7, 11) is 0. The molecular weight excluding hydrogens is 356 g/mol. The number of fused-ring (bicyclic) bond motifs is 1. The van der Waals surface area contributed by atoms with E-state index in [4.69, 9.17) is 14.2 Å². The van der Waals surface area contributed by atoms with Crippen molar-refractivity contribution in [3.63, 3.8) is 0 Å². The summed E-state index contributed by atoms with van der Waals surface area (Å²) in [6.07, 6.45) is 2.70. The van der Waals surface area contributed by atoms with Crippen molar-refractivity contribution < 1.29 is 28.7 Å². The molecule has 0 saturated carbocycles. The van der Waals surface area contributed by atoms with E-state index in [1.165, 1.54) is 36.4 Å². The minimum absolute atomic E-state index is 0.156. The van der Waals surface area contributed by atoms with Crippen molar-refractivity contribution >= 4 is 29.3 Å². The molecule has 0 spiro atoms. The van der Waals surface area contributed by atoms with Crippen molar-refractivity contribution in [2.75, 3.05) is 18.7 Å². The number of carbonyl (C=O) groups excluding carboxylic acids is 2. The van der Waals surface area contributed by atoms with Gasteiger partial charge in [-0.3, -0.25) is 14.9 Å². The van der Waals surface area contributed by atoms with Gasteiger partial charge in [-0.1, -0.05) is 12.1 Å². The summed E-state index contributed by atoms with van der Waals surface area (Å²) in [5, 5.41) is 13.1. The summed E-state index contributed by atoms with van der Waals surface area (Å²) < 4.78 is 15.3. The number of hydrogen-bond acceptors (Lipinski definition) is 7. The molecular formula is C18H14N2O7. The van der Waals surface area contributed by atoms with Crippen molar-refractivity contribution in [2.45, 2.75) is 0 Å². The van der Waals surface area contributed by atoms with E-state index in [1.807, 2.05) is 0 Å². The average Bonchev–Trinajstić information content (AvgIpc) is 3.12. The number of rotatable bonds is 6. The maximum absolute atomic E-state index is 11.8. The highest BCUT2D eigenvalue weighted by molar-refractivity contribution is 5.94. The van der Waals surface area contributed by atoms with Crippen LogP contribution in [0.3, 0.4) is 0 Å². The monoisotopic (exact) mass is 370 g/mol. The second kappa shape index (κ2) is 8.00. The van der Waals surface area contributed by atoms with Gasteiger partial charge in [0.25, 0.3) is 11.6 Å². The number of nitrogens with zero attached hydrogens (tertiary/aromatic N) is 1. The number of amides is 1. The minimum Gasteiger partial charge on any atom is -0.454 e. The summed E-state index contributed by atoms with van der Waals surface area (Å²) >= 11 is 0. The Morgan fingerprint density at radius 2 is 2.00 bits per heavy atom. The van der Waals surface area contributed by atoms with E-state index in [0.29, 0.717) is 17.1 Å². The SMILES string of the molecule is O=C(COC(=O)/C=C/c1ccc2c(c1)OCO2)Nc1cccc([N+](=O)[O-])c1. The molecule has 1 aliphatic heterocycles. The lowest BCUT2D eigenvalue weighted by atomic mass is 10.2. The normalized spacial score (nSPS) is 12.0. The number of ether oxygens (including phenoxy) is 3. The first-order valence-corrected chi connectivity index (χ1v) is 7.80. The first-order chi connectivity index (χ1) is 13.0. The molecule has 1 amide bonds. The molecule has 9 heteroatoms. The smallest absolute Gasteiger partial charge is 0.331 e. The molecule has 0 fully saturated rings. The van der Waals surface area contributed by atoms with Crippen LogP contribution in [0.25, 0.3) is 6.08 Å². The second-order valence-corrected chi connectivity index (χ2v) is 5.41. The number of anilines is 1. The largest absolute Gasteiger partial charge is 0.454 e. The highest BCUT2D eigenvalue weighted by atomic mass is 16.7. The van der Waals surface area contributed by atoms with E-state index in [-0.39, 0.29) is 18.2 Å². The van der Waals surface area contributed by atoms with Gasteiger partial charge in [-0.05, 0) is 29.8 Å². The lowest BCUT2D eigenvalue weighted by Crippen LogP contribution is -2.20. The lowest BCUT2D eigenvalue weighted by molar-refractivity contribution is -0.384. The molecule has 0 aliphatic carbocycles. The standard InChI is InChI=1S/C18H14N2O7/c21-17(19-13-2-1-3-14(9-13)20(23)24)10-25-18(22)7-5-12-4-6-15-16(8-12)27-11-26-15/h1-9H,10-11H2,(H,19,21)/b7-5+. The number of carbonyl (C=O) groups is 2. The van der Waals surface area contributed by atoms with Crippen LogP contribution < -0.4 is 14.8 Å². The first-order valence-electron chi connectivity index (χ1n) is 7.80. The number of nitro groups is 1. The predicted molar refractivity (Wildman–Crippen MR) is 94.3 cm³/mol. The second-order valence-electron chi connectivity index (χ2n) is 5.41. The molecule has 1 heterocycles. The first kappa shape index (κ1) is 17.9. The third-order valence-corrected chi connectivity index (χ3v) is 3.49. The van der Waals surface area contributed by atoms with Gasteiger partial charge < -0.3 is 19.5 Å². The van der Waals surface area contributed by atoms with E-state index in [1.54, 1.807) is 18.2 Å². The van der Waals surface area contributed by atoms with Crippen molar-refractivity contribution in [2.24, 2.45) is 0 Å². The van der Waals surface area contributed by atoms with Crippen LogP contribution in [0.1, 0.15) is 5.56 Å². The number of non-ortho nitro benzene ring substituents is 1. The molecule has 1 N–H and O–H groups in total. The molecule has 1 aliphatic rings. The van der Waals surface area contributed by atoms with Crippen molar-refractivity contribution in [1.29, 1.82) is 0 Å². The number of esters is 1. The topological polar surface area (TPSA) is 117 Å². The minimum atomic E-state index is -0.707. The fourth-order valence-corrected chi connectivity index (χ4v) is 2.26. The van der Waals surface area contributed by atoms with Gasteiger partial charge in [0.2, 0.25) is 6.79 Å². The Hall–Kier alpha value is -3.88. The van der Waals surface area contributed by atoms with Crippen molar-refractivity contribution in [1.82, 2.24) is 0 Å². The summed E-state index contributed by atoms with van der Waals surface area (Å²) in [6.45, 7) is -0.364. The van der Waals surface area contributed by atoms with Crippen LogP contribution in [-0.4, -0.2) is 30.2 Å². The van der Waals surface area contributed by atoms with Gasteiger partial charge >= 0.3 is 5.97 Å². The van der Waals surface area contributed by atoms with Gasteiger partial charge in [-0.15, -0.1) is 0 Å². The molecule has 0 aromatic heterocycles. The van der Waals surface area contributed by atoms with E-state index in [0.717, 1.165) is 0 Å². The molecule has 0 atom stereocenters. The van der Waals surface area contributed by atoms with E-state index >= 15 is 0 Å². The van der Waals surface area contributed by atoms with Crippen molar-refractivity contribution in [3.8, 4) is 11.5 Å². The molecule has 27 heavy (non-hydrogen) atoms. The van der Waals surface area contributed by atoms with Crippen LogP contribution in [0.15, 0.2) is 48.5 Å². The van der Waals surface area contributed by atoms with Gasteiger partial charge in [0.15, 0.2) is 18.1 Å². The molecule has 2 aromatic carbocycles. The van der Waals surface area contributed by atoms with Gasteiger partial charge in [-0.2, -0.15) is 0 Å². The maximum Gasteiger partial charge on any atom is 0.331 e. The average molecular weight is 370 g/mol. The molecule has 0 unspecified atom stereocenters. The summed E-state index contributed by atoms with van der Waals surface area (Å²) in [6, 6.07) is 10.6. The zero-order valence-electron chi connectivity index (χ0n) is 13.9. The molecule has 0 saturated heterocycles. The number of hydrogen-bond donors (Lipinski definition) is 1. The van der Waals surface area contributed by atoms with Gasteiger partial charge in [0, 0.05) is 23.9 Å². The highest BCUT2D eigenvalue weighted by Gasteiger charge is 2.13. The van der Waals surface area contributed by atoms with Crippen LogP contribution in [0, 0.1) is 10.1 Å². The summed E-state index contributed by atoms with van der Waals surface area (Å²) in [5.74, 6) is -0.100. The molecule has 0 bridgehead atoms. The van der Waals surface area contributed by atoms with Gasteiger partial charge in [0.1, 0.15) is 0 Å². The lowest BCUT2D eigenvalue weighted by Gasteiger charge is -2.05. The maximum atomic E-state index is 11.8. The summed E-state index contributed by atoms with van der Waals surface area (Å²) in [5.41, 5.74) is 0.787. The molecule has 138 valence electrons. The zero-order chi connectivity index (χ0) is 19.2. The third-order valence-electron chi connectivity index (χ3n) is 3.49. The fraction of sp³-hybridized carbons (Fsp3) is 0.111. The molecule has 3 rings (SSSR count). The van der Waals surface area contributed by atoms with Crippen molar-refractivity contribution in [3.05, 3.63) is 64.2 Å². The van der Waals surface area contributed by atoms with Gasteiger partial charge in [0.05, 0.1) is 4.92 Å². The Balaban J connectivity index is 1.49. The molecule has 2 aromatic rings. The molecule has 9 nitrogen and oxygen atoms in total. The highest BCUT2D eigenvalue weighted by Crippen LogP contribution is 2.32. The van der Waals surface area contributed by atoms with Gasteiger partial charge in [-0.25, -0.2) is 4.79 Å². The van der Waals surface area contributed by atoms with Crippen LogP contribution >= 0.6 is 0 Å². The summed E-state index contributed by atoms with van der Waals surface area (Å²) in [4.78, 5) is 33.6. The third kappa shape index (κ3) is 4.82. The predicted octanol–water partition coefficient (Wildman–Crippen LogP) is 2.52. The Morgan fingerprint density at radius 3 is 2.81 bits per heavy atom. The fourth-order valence-electron chi connectivity index (χ4n) is 2.26. The van der Waals surface area contributed by atoms with E-state index in [2.05, 4.69) is 5.32 Å². The Labute approximate surface area is 153 Å². The zero-order valence-corrected chi connectivity index (χ0v) is 13.9. The van der Waals surface area contributed by atoms with Crippen LogP contribution in [0.5, 0.6) is 11.5 Å². The Kier molecular flexibility index (Phi) is 5.31. The van der Waals surface area contributed by atoms with Crippen LogP contribution in [0.2, 0.25) is 0 Å². The number of nitro benzene ring substituents is 1. The van der Waals surface area contributed by atoms with Crippen LogP contribution in [-0.2, 0) is 14.3 Å². The Morgan fingerprint density at radius 1 is 1.19 bits per heavy atom. The molecule has 0 radical (unpaired) electrons. The Bertz CT molecular complexity index is 924. The van der Waals surface area contributed by atoms with Crippen LogP contribution in [0.4, 0.5) is 11.4 Å². The quantitative estimate of drug-likeness (QED) is 0.359. The number of benzene rings is 2. The number of nitrogens with one attached hydrogen (secondary N) is 1. The van der Waals surface area contributed by atoms with E-state index in [9.17, 15) is 19.7 Å².